The summed E-state index contributed by atoms with van der Waals surface area (Å²) in [5.41, 5.74) is 2.24. The molecule has 2 fully saturated rings. The highest BCUT2D eigenvalue weighted by molar-refractivity contribution is 5.95. The van der Waals surface area contributed by atoms with Gasteiger partial charge in [0.05, 0.1) is 0 Å². The molecule has 0 aliphatic carbocycles. The number of oxazole rings is 1. The van der Waals surface area contributed by atoms with Crippen LogP contribution in [0.25, 0.3) is 0 Å². The molecule has 160 valence electrons. The van der Waals surface area contributed by atoms with Crippen LogP contribution in [-0.2, 0) is 0 Å². The predicted molar refractivity (Wildman–Crippen MR) is 115 cm³/mol. The first-order valence-corrected chi connectivity index (χ1v) is 10.8. The lowest BCUT2D eigenvalue weighted by Gasteiger charge is -2.30. The van der Waals surface area contributed by atoms with Crippen LogP contribution in [0.2, 0.25) is 0 Å². The lowest BCUT2D eigenvalue weighted by Crippen LogP contribution is -2.38. The maximum absolute atomic E-state index is 12.8. The number of anilines is 1. The number of hydrogen-bond donors (Lipinski definition) is 0. The largest absolute Gasteiger partial charge is 0.445 e. The number of carbonyl (C=O) groups is 2. The Morgan fingerprint density at radius 3 is 2.17 bits per heavy atom. The van der Waals surface area contributed by atoms with Crippen molar-refractivity contribution in [2.75, 3.05) is 45.2 Å². The maximum Gasteiger partial charge on any atom is 0.276 e. The molecule has 0 atom stereocenters. The number of carbonyl (C=O) groups excluding carboxylic acids is 2. The van der Waals surface area contributed by atoms with Gasteiger partial charge >= 0.3 is 0 Å². The van der Waals surface area contributed by atoms with E-state index in [1.54, 1.807) is 0 Å². The number of nitrogens with zero attached hydrogens (tertiary/aromatic N) is 4. The summed E-state index contributed by atoms with van der Waals surface area (Å²) in [5, 5.41) is 0. The number of hydrogen-bond acceptors (Lipinski definition) is 5. The topological polar surface area (TPSA) is 69.9 Å². The van der Waals surface area contributed by atoms with E-state index in [4.69, 9.17) is 4.42 Å². The van der Waals surface area contributed by atoms with Crippen molar-refractivity contribution in [3.8, 4) is 0 Å². The van der Waals surface area contributed by atoms with Gasteiger partial charge in [0.2, 0.25) is 0 Å². The fourth-order valence-corrected chi connectivity index (χ4v) is 4.27. The van der Waals surface area contributed by atoms with Crippen molar-refractivity contribution in [2.45, 2.75) is 38.5 Å². The van der Waals surface area contributed by atoms with Crippen LogP contribution in [0.15, 0.2) is 28.7 Å². The van der Waals surface area contributed by atoms with Crippen LogP contribution >= 0.6 is 0 Å². The number of rotatable bonds is 4. The fourth-order valence-electron chi connectivity index (χ4n) is 4.27. The van der Waals surface area contributed by atoms with E-state index in [0.29, 0.717) is 36.0 Å². The Labute approximate surface area is 177 Å². The lowest BCUT2D eigenvalue weighted by atomic mass is 9.96. The van der Waals surface area contributed by atoms with E-state index < -0.39 is 0 Å². The van der Waals surface area contributed by atoms with Crippen LogP contribution in [-0.4, -0.2) is 66.9 Å². The van der Waals surface area contributed by atoms with Gasteiger partial charge in [-0.15, -0.1) is 0 Å². The smallest absolute Gasteiger partial charge is 0.276 e. The average Bonchev–Trinajstić information content (AvgIpc) is 3.43. The van der Waals surface area contributed by atoms with Crippen LogP contribution in [0.5, 0.6) is 0 Å². The molecule has 1 aromatic carbocycles. The molecule has 4 rings (SSSR count). The van der Waals surface area contributed by atoms with Crippen LogP contribution in [0.3, 0.4) is 0 Å². The number of amides is 2. The van der Waals surface area contributed by atoms with E-state index in [0.717, 1.165) is 44.5 Å². The molecule has 0 radical (unpaired) electrons. The number of aryl methyl sites for hydroxylation is 1. The summed E-state index contributed by atoms with van der Waals surface area (Å²) in [6.07, 6.45) is 3.69. The zero-order chi connectivity index (χ0) is 21.3. The zero-order valence-corrected chi connectivity index (χ0v) is 18.1. The summed E-state index contributed by atoms with van der Waals surface area (Å²) in [4.78, 5) is 35.9. The molecule has 3 heterocycles. The van der Waals surface area contributed by atoms with Crippen LogP contribution in [0.4, 0.5) is 5.69 Å². The second kappa shape index (κ2) is 8.50. The third-order valence-electron chi connectivity index (χ3n) is 6.17. The molecule has 2 aliphatic rings. The van der Waals surface area contributed by atoms with E-state index >= 15 is 0 Å². The van der Waals surface area contributed by atoms with Crippen molar-refractivity contribution < 1.29 is 14.0 Å². The first-order chi connectivity index (χ1) is 14.4. The van der Waals surface area contributed by atoms with Gasteiger partial charge < -0.3 is 19.1 Å². The molecule has 2 saturated heterocycles. The Kier molecular flexibility index (Phi) is 5.79. The summed E-state index contributed by atoms with van der Waals surface area (Å²) in [7, 11) is 3.96. The maximum atomic E-state index is 12.8. The van der Waals surface area contributed by atoms with E-state index in [1.807, 2.05) is 60.0 Å². The highest BCUT2D eigenvalue weighted by Crippen LogP contribution is 2.30. The summed E-state index contributed by atoms with van der Waals surface area (Å²) < 4.78 is 5.88. The van der Waals surface area contributed by atoms with Crippen molar-refractivity contribution in [3.05, 3.63) is 47.2 Å². The van der Waals surface area contributed by atoms with Gasteiger partial charge in [0.25, 0.3) is 11.8 Å². The molecule has 1 aromatic heterocycles. The normalized spacial score (nSPS) is 17.4. The first-order valence-electron chi connectivity index (χ1n) is 10.8. The van der Waals surface area contributed by atoms with Crippen molar-refractivity contribution in [1.82, 2.24) is 14.8 Å². The molecular formula is C23H30N4O3. The minimum atomic E-state index is -0.0196. The first kappa shape index (κ1) is 20.4. The van der Waals surface area contributed by atoms with Crippen molar-refractivity contribution in [2.24, 2.45) is 0 Å². The third-order valence-corrected chi connectivity index (χ3v) is 6.17. The molecule has 30 heavy (non-hydrogen) atoms. The Balaban J connectivity index is 1.38. The summed E-state index contributed by atoms with van der Waals surface area (Å²) >= 11 is 0. The molecule has 2 aliphatic heterocycles. The summed E-state index contributed by atoms with van der Waals surface area (Å²) in [6.45, 7) is 4.74. The SMILES string of the molecule is Cc1oc(C2CCN(C(=O)c3ccc(N(C)C)cc3)CC2)nc1C(=O)N1CCCC1. The minimum absolute atomic E-state index is 0.0196. The van der Waals surface area contributed by atoms with Gasteiger partial charge in [-0.05, 0) is 56.9 Å². The van der Waals surface area contributed by atoms with Gasteiger partial charge in [0.15, 0.2) is 11.6 Å². The molecule has 7 heteroatoms. The van der Waals surface area contributed by atoms with Gasteiger partial charge in [-0.1, -0.05) is 0 Å². The van der Waals surface area contributed by atoms with Gasteiger partial charge in [-0.2, -0.15) is 0 Å². The number of benzene rings is 1. The Morgan fingerprint density at radius 1 is 0.967 bits per heavy atom. The van der Waals surface area contributed by atoms with Gasteiger partial charge in [0, 0.05) is 57.4 Å². The van der Waals surface area contributed by atoms with Crippen molar-refractivity contribution in [1.29, 1.82) is 0 Å². The Bertz CT molecular complexity index is 905. The molecule has 2 aromatic rings. The monoisotopic (exact) mass is 410 g/mol. The van der Waals surface area contributed by atoms with Gasteiger partial charge in [-0.25, -0.2) is 4.98 Å². The van der Waals surface area contributed by atoms with Crippen molar-refractivity contribution in [3.63, 3.8) is 0 Å². The van der Waals surface area contributed by atoms with E-state index in [9.17, 15) is 9.59 Å². The number of likely N-dealkylation sites (tertiary alicyclic amines) is 2. The molecule has 0 bridgehead atoms. The standard InChI is InChI=1S/C23H30N4O3/c1-16-20(23(29)26-12-4-5-13-26)24-21(30-16)17-10-14-27(15-11-17)22(28)18-6-8-19(9-7-18)25(2)3/h6-9,17H,4-5,10-15H2,1-3H3. The lowest BCUT2D eigenvalue weighted by molar-refractivity contribution is 0.0705. The van der Waals surface area contributed by atoms with Crippen molar-refractivity contribution >= 4 is 17.5 Å². The highest BCUT2D eigenvalue weighted by atomic mass is 16.4. The minimum Gasteiger partial charge on any atom is -0.445 e. The quantitative estimate of drug-likeness (QED) is 0.773. The molecule has 0 spiro atoms. The molecular weight excluding hydrogens is 380 g/mol. The van der Waals surface area contributed by atoms with Crippen LogP contribution in [0, 0.1) is 6.92 Å². The predicted octanol–water partition coefficient (Wildman–Crippen LogP) is 3.30. The highest BCUT2D eigenvalue weighted by Gasteiger charge is 2.30. The van der Waals surface area contributed by atoms with E-state index in [-0.39, 0.29) is 17.7 Å². The van der Waals surface area contributed by atoms with Gasteiger partial charge in [0.1, 0.15) is 5.76 Å². The molecule has 0 saturated carbocycles. The van der Waals surface area contributed by atoms with E-state index in [1.165, 1.54) is 0 Å². The number of aromatic nitrogens is 1. The molecule has 0 N–H and O–H groups in total. The Morgan fingerprint density at radius 2 is 1.57 bits per heavy atom. The Hall–Kier alpha value is -2.83. The van der Waals surface area contributed by atoms with Crippen LogP contribution in [0.1, 0.15) is 64.1 Å². The molecule has 2 amide bonds. The third kappa shape index (κ3) is 4.06. The average molecular weight is 411 g/mol. The summed E-state index contributed by atoms with van der Waals surface area (Å²) in [6, 6.07) is 7.71. The van der Waals surface area contributed by atoms with E-state index in [2.05, 4.69) is 4.98 Å². The van der Waals surface area contributed by atoms with Crippen LogP contribution < -0.4 is 4.90 Å². The number of piperidine rings is 1. The second-order valence-electron chi connectivity index (χ2n) is 8.46. The fraction of sp³-hybridized carbons (Fsp3) is 0.522. The molecule has 7 nitrogen and oxygen atoms in total. The zero-order valence-electron chi connectivity index (χ0n) is 18.1. The molecule has 0 unspecified atom stereocenters. The summed E-state index contributed by atoms with van der Waals surface area (Å²) in [5.74, 6) is 1.42. The second-order valence-corrected chi connectivity index (χ2v) is 8.46. The van der Waals surface area contributed by atoms with Gasteiger partial charge in [-0.3, -0.25) is 9.59 Å².